The molecule has 5 N–H and O–H groups in total. The number of nitrogens with one attached hydrogen (secondary N) is 1. The maximum absolute atomic E-state index is 12.2. The van der Waals surface area contributed by atoms with Crippen molar-refractivity contribution < 1.29 is 29.1 Å². The molecular formula is C16H23BN2O6. The van der Waals surface area contributed by atoms with Crippen LogP contribution in [0.3, 0.4) is 0 Å². The summed E-state index contributed by atoms with van der Waals surface area (Å²) >= 11 is 0. The van der Waals surface area contributed by atoms with Crippen molar-refractivity contribution in [1.29, 1.82) is 0 Å². The van der Waals surface area contributed by atoms with Crippen molar-refractivity contribution in [3.8, 4) is 5.75 Å². The number of benzene rings is 1. The van der Waals surface area contributed by atoms with E-state index < -0.39 is 25.1 Å². The minimum Gasteiger partial charge on any atom is -0.492 e. The molecule has 1 amide bonds. The second-order valence-electron chi connectivity index (χ2n) is 5.96. The Hall–Kier alpha value is -2.10. The maximum atomic E-state index is 12.2. The number of amides is 1. The van der Waals surface area contributed by atoms with Gasteiger partial charge in [-0.25, -0.2) is 0 Å². The number of hydrogen-bond acceptors (Lipinski definition) is 6. The van der Waals surface area contributed by atoms with Crippen LogP contribution >= 0.6 is 0 Å². The highest BCUT2D eigenvalue weighted by atomic mass is 16.5. The van der Waals surface area contributed by atoms with Gasteiger partial charge in [-0.1, -0.05) is 12.1 Å². The van der Waals surface area contributed by atoms with Gasteiger partial charge in [-0.15, -0.1) is 0 Å². The van der Waals surface area contributed by atoms with Crippen molar-refractivity contribution in [2.75, 3.05) is 13.2 Å². The molecule has 1 aliphatic rings. The van der Waals surface area contributed by atoms with Crippen molar-refractivity contribution >= 4 is 19.0 Å². The molecular weight excluding hydrogens is 327 g/mol. The highest BCUT2D eigenvalue weighted by Crippen LogP contribution is 2.19. The molecule has 0 unspecified atom stereocenters. The Morgan fingerprint density at radius 1 is 1.40 bits per heavy atom. The van der Waals surface area contributed by atoms with E-state index in [9.17, 15) is 14.6 Å². The SMILES string of the molecule is NCCOc1cccc(CC(=O)N[C@H]2CC[C@@H](CC(=O)O)OB2O)c1. The minimum atomic E-state index is -1.21. The molecule has 1 aromatic carbocycles. The van der Waals surface area contributed by atoms with Gasteiger partial charge in [0, 0.05) is 6.54 Å². The first-order valence-electron chi connectivity index (χ1n) is 8.24. The number of aliphatic carboxylic acids is 1. The van der Waals surface area contributed by atoms with Crippen LogP contribution in [0.4, 0.5) is 0 Å². The maximum Gasteiger partial charge on any atom is 0.478 e. The van der Waals surface area contributed by atoms with Gasteiger partial charge in [-0.3, -0.25) is 9.59 Å². The lowest BCUT2D eigenvalue weighted by atomic mass is 9.72. The zero-order valence-electron chi connectivity index (χ0n) is 13.9. The fourth-order valence-corrected chi connectivity index (χ4v) is 2.72. The van der Waals surface area contributed by atoms with Crippen molar-refractivity contribution in [2.45, 2.75) is 37.7 Å². The quantitative estimate of drug-likeness (QED) is 0.475. The molecule has 1 aliphatic heterocycles. The highest BCUT2D eigenvalue weighted by Gasteiger charge is 2.36. The van der Waals surface area contributed by atoms with Gasteiger partial charge >= 0.3 is 13.1 Å². The van der Waals surface area contributed by atoms with Crippen LogP contribution in [0.25, 0.3) is 0 Å². The van der Waals surface area contributed by atoms with E-state index in [-0.39, 0.29) is 18.7 Å². The fourth-order valence-electron chi connectivity index (χ4n) is 2.72. The van der Waals surface area contributed by atoms with Gasteiger partial charge in [-0.05, 0) is 30.5 Å². The molecule has 25 heavy (non-hydrogen) atoms. The smallest absolute Gasteiger partial charge is 0.478 e. The third-order valence-corrected chi connectivity index (χ3v) is 3.87. The summed E-state index contributed by atoms with van der Waals surface area (Å²) in [6.45, 7) is 0.811. The molecule has 0 saturated carbocycles. The summed E-state index contributed by atoms with van der Waals surface area (Å²) in [7, 11) is -1.21. The van der Waals surface area contributed by atoms with Crippen LogP contribution in [0.5, 0.6) is 5.75 Å². The van der Waals surface area contributed by atoms with Crippen LogP contribution in [-0.2, 0) is 20.7 Å². The van der Waals surface area contributed by atoms with Crippen LogP contribution < -0.4 is 15.8 Å². The van der Waals surface area contributed by atoms with E-state index in [1.165, 1.54) is 0 Å². The van der Waals surface area contributed by atoms with Gasteiger partial charge in [0.15, 0.2) is 0 Å². The first kappa shape index (κ1) is 19.2. The first-order valence-corrected chi connectivity index (χ1v) is 8.24. The molecule has 136 valence electrons. The van der Waals surface area contributed by atoms with E-state index in [0.29, 0.717) is 31.7 Å². The van der Waals surface area contributed by atoms with Crippen molar-refractivity contribution in [1.82, 2.24) is 5.32 Å². The molecule has 2 atom stereocenters. The summed E-state index contributed by atoms with van der Waals surface area (Å²) < 4.78 is 10.7. The number of carbonyl (C=O) groups is 2. The number of hydrogen-bond donors (Lipinski definition) is 4. The number of nitrogens with two attached hydrogens (primary N) is 1. The molecule has 0 aliphatic carbocycles. The summed E-state index contributed by atoms with van der Waals surface area (Å²) in [4.78, 5) is 22.9. The lowest BCUT2D eigenvalue weighted by molar-refractivity contribution is -0.139. The van der Waals surface area contributed by atoms with Gasteiger partial charge in [0.25, 0.3) is 0 Å². The molecule has 0 aromatic heterocycles. The van der Waals surface area contributed by atoms with Crippen molar-refractivity contribution in [2.24, 2.45) is 5.73 Å². The van der Waals surface area contributed by atoms with Crippen LogP contribution in [0, 0.1) is 0 Å². The number of carboxylic acid groups (broad SMARTS) is 1. The molecule has 0 bridgehead atoms. The third kappa shape index (κ3) is 6.37. The Morgan fingerprint density at radius 2 is 2.20 bits per heavy atom. The predicted octanol–water partition coefficient (Wildman–Crippen LogP) is -0.275. The Bertz CT molecular complexity index is 600. The molecule has 2 rings (SSSR count). The normalized spacial score (nSPS) is 20.2. The second kappa shape index (κ2) is 9.40. The molecule has 1 fully saturated rings. The lowest BCUT2D eigenvalue weighted by Gasteiger charge is -2.30. The van der Waals surface area contributed by atoms with E-state index in [1.807, 2.05) is 6.07 Å². The molecule has 1 saturated heterocycles. The monoisotopic (exact) mass is 350 g/mol. The average Bonchev–Trinajstić information content (AvgIpc) is 2.55. The summed E-state index contributed by atoms with van der Waals surface area (Å²) in [5.74, 6) is -1.13. The standard InChI is InChI=1S/C16H23BN2O6/c18-6-7-24-12-3-1-2-11(8-12)9-15(20)19-14-5-4-13(10-16(21)22)25-17(14)23/h1-3,8,13-14,23H,4-7,9-10,18H2,(H,19,20)(H,21,22)/t13-,14-/m0/s1. The zero-order valence-corrected chi connectivity index (χ0v) is 13.9. The molecule has 9 heteroatoms. The molecule has 1 heterocycles. The topological polar surface area (TPSA) is 131 Å². The van der Waals surface area contributed by atoms with E-state index in [0.717, 1.165) is 5.56 Å². The second-order valence-corrected chi connectivity index (χ2v) is 5.96. The van der Waals surface area contributed by atoms with Crippen LogP contribution in [0.15, 0.2) is 24.3 Å². The summed E-state index contributed by atoms with van der Waals surface area (Å²) in [5.41, 5.74) is 6.17. The summed E-state index contributed by atoms with van der Waals surface area (Å²) in [6, 6.07) is 7.17. The number of carbonyl (C=O) groups excluding carboxylic acids is 1. The average molecular weight is 350 g/mol. The largest absolute Gasteiger partial charge is 0.492 e. The van der Waals surface area contributed by atoms with Gasteiger partial charge in [-0.2, -0.15) is 0 Å². The van der Waals surface area contributed by atoms with E-state index in [1.54, 1.807) is 18.2 Å². The van der Waals surface area contributed by atoms with Gasteiger partial charge in [0.1, 0.15) is 12.4 Å². The molecule has 0 spiro atoms. The Kier molecular flexibility index (Phi) is 7.23. The van der Waals surface area contributed by atoms with Gasteiger partial charge in [0.2, 0.25) is 5.91 Å². The van der Waals surface area contributed by atoms with E-state index in [4.69, 9.17) is 20.2 Å². The number of carboxylic acids is 1. The molecule has 0 radical (unpaired) electrons. The van der Waals surface area contributed by atoms with Crippen molar-refractivity contribution in [3.63, 3.8) is 0 Å². The molecule has 8 nitrogen and oxygen atoms in total. The predicted molar refractivity (Wildman–Crippen MR) is 91.0 cm³/mol. The Morgan fingerprint density at radius 3 is 2.88 bits per heavy atom. The Labute approximate surface area is 146 Å². The first-order chi connectivity index (χ1) is 12.0. The van der Waals surface area contributed by atoms with Crippen LogP contribution in [0.2, 0.25) is 0 Å². The summed E-state index contributed by atoms with van der Waals surface area (Å²) in [6.07, 6.45) is 0.382. The lowest BCUT2D eigenvalue weighted by Crippen LogP contribution is -2.53. The van der Waals surface area contributed by atoms with Crippen molar-refractivity contribution in [3.05, 3.63) is 29.8 Å². The summed E-state index contributed by atoms with van der Waals surface area (Å²) in [5, 5.41) is 21.4. The minimum absolute atomic E-state index is 0.140. The van der Waals surface area contributed by atoms with Gasteiger partial charge in [0.05, 0.1) is 24.9 Å². The zero-order chi connectivity index (χ0) is 18.2. The van der Waals surface area contributed by atoms with E-state index in [2.05, 4.69) is 5.32 Å². The molecule has 1 aromatic rings. The third-order valence-electron chi connectivity index (χ3n) is 3.87. The van der Waals surface area contributed by atoms with Crippen LogP contribution in [0.1, 0.15) is 24.8 Å². The van der Waals surface area contributed by atoms with Crippen LogP contribution in [-0.4, -0.2) is 54.3 Å². The van der Waals surface area contributed by atoms with Gasteiger partial charge < -0.3 is 30.6 Å². The number of ether oxygens (including phenoxy) is 1. The number of rotatable bonds is 8. The van der Waals surface area contributed by atoms with E-state index >= 15 is 0 Å². The Balaban J connectivity index is 1.83. The highest BCUT2D eigenvalue weighted by molar-refractivity contribution is 6.45. The fraction of sp³-hybridized carbons (Fsp3) is 0.500.